The topological polar surface area (TPSA) is 38.7 Å². The molecule has 0 fully saturated rings. The minimum absolute atomic E-state index is 0.00735. The molecule has 0 spiro atoms. The van der Waals surface area contributed by atoms with Crippen LogP contribution in [0.3, 0.4) is 0 Å². The van der Waals surface area contributed by atoms with Crippen molar-refractivity contribution in [1.82, 2.24) is 0 Å². The van der Waals surface area contributed by atoms with Crippen molar-refractivity contribution in [2.75, 3.05) is 0 Å². The first-order chi connectivity index (χ1) is 6.99. The van der Waals surface area contributed by atoms with Crippen LogP contribution in [0.2, 0.25) is 45.3 Å². The third-order valence-corrected chi connectivity index (χ3v) is 6.37. The van der Waals surface area contributed by atoms with Crippen LogP contribution in [-0.2, 0) is 8.85 Å². The van der Waals surface area contributed by atoms with E-state index < -0.39 is 26.2 Å². The van der Waals surface area contributed by atoms with E-state index in [9.17, 15) is 5.11 Å². The van der Waals surface area contributed by atoms with Crippen LogP contribution in [0.25, 0.3) is 0 Å². The van der Waals surface area contributed by atoms with Gasteiger partial charge in [0.15, 0.2) is 16.6 Å². The molecule has 1 atom stereocenters. The monoisotopic (exact) mass is 280 g/mol. The van der Waals surface area contributed by atoms with Crippen LogP contribution >= 0.6 is 0 Å². The first-order valence-corrected chi connectivity index (χ1v) is 14.7. The fourth-order valence-electron chi connectivity index (χ4n) is 1.31. The average molecular weight is 281 g/mol. The number of aliphatic hydroxyl groups excluding tert-OH is 1. The zero-order chi connectivity index (χ0) is 13.0. The number of hydrogen-bond acceptors (Lipinski definition) is 3. The zero-order valence-electron chi connectivity index (χ0n) is 11.8. The van der Waals surface area contributed by atoms with E-state index in [0.29, 0.717) is 0 Å². The van der Waals surface area contributed by atoms with Crippen LogP contribution in [0.5, 0.6) is 0 Å². The summed E-state index contributed by atoms with van der Waals surface area (Å²) < 4.78 is 12.1. The Kier molecular flexibility index (Phi) is 6.67. The highest BCUT2D eigenvalue weighted by Crippen LogP contribution is 2.14. The lowest BCUT2D eigenvalue weighted by Gasteiger charge is -2.31. The fraction of sp³-hybridized carbons (Fsp3) is 1.00. The lowest BCUT2D eigenvalue weighted by atomic mass is 10.5. The van der Waals surface area contributed by atoms with Crippen LogP contribution in [0.4, 0.5) is 0 Å². The lowest BCUT2D eigenvalue weighted by molar-refractivity contribution is 0.0590. The van der Waals surface area contributed by atoms with Gasteiger partial charge in [0.25, 0.3) is 0 Å². The quantitative estimate of drug-likeness (QED) is 0.572. The zero-order valence-corrected chi connectivity index (χ0v) is 15.2. The van der Waals surface area contributed by atoms with Crippen molar-refractivity contribution in [2.24, 2.45) is 0 Å². The molecule has 1 N–H and O–H groups in total. The standard InChI is InChI=1S/C10H28O3Si3/c1-9(11)8-14-10(12-15(2,3)4)13-16(5,6)7/h9-11H,8,14H2,1-7H3. The Balaban J connectivity index is 4.28. The molecule has 0 radical (unpaired) electrons. The van der Waals surface area contributed by atoms with Gasteiger partial charge in [0.2, 0.25) is 0 Å². The van der Waals surface area contributed by atoms with Crippen molar-refractivity contribution in [3.05, 3.63) is 0 Å². The van der Waals surface area contributed by atoms with Crippen LogP contribution in [-0.4, -0.2) is 43.3 Å². The van der Waals surface area contributed by atoms with Gasteiger partial charge in [-0.05, 0) is 52.2 Å². The van der Waals surface area contributed by atoms with Crippen LogP contribution in [0, 0.1) is 0 Å². The van der Waals surface area contributed by atoms with Crippen molar-refractivity contribution in [3.63, 3.8) is 0 Å². The van der Waals surface area contributed by atoms with Crippen LogP contribution in [0.1, 0.15) is 6.92 Å². The molecule has 0 rings (SSSR count). The first kappa shape index (κ1) is 16.5. The van der Waals surface area contributed by atoms with E-state index in [-0.39, 0.29) is 12.0 Å². The predicted octanol–water partition coefficient (Wildman–Crippen LogP) is 1.94. The molecular weight excluding hydrogens is 252 g/mol. The van der Waals surface area contributed by atoms with Gasteiger partial charge in [-0.1, -0.05) is 0 Å². The first-order valence-electron chi connectivity index (χ1n) is 6.03. The molecule has 0 aromatic rings. The maximum Gasteiger partial charge on any atom is 0.186 e. The number of aliphatic hydroxyl groups is 1. The molecular formula is C10H28O3Si3. The summed E-state index contributed by atoms with van der Waals surface area (Å²) in [5.41, 5.74) is 0. The van der Waals surface area contributed by atoms with E-state index in [1.54, 1.807) is 0 Å². The van der Waals surface area contributed by atoms with Crippen molar-refractivity contribution in [3.8, 4) is 0 Å². The van der Waals surface area contributed by atoms with Crippen LogP contribution < -0.4 is 0 Å². The van der Waals surface area contributed by atoms with Crippen molar-refractivity contribution in [1.29, 1.82) is 0 Å². The van der Waals surface area contributed by atoms with E-state index in [1.165, 1.54) is 0 Å². The summed E-state index contributed by atoms with van der Waals surface area (Å²) >= 11 is 0. The molecule has 0 aliphatic heterocycles. The lowest BCUT2D eigenvalue weighted by Crippen LogP contribution is -2.43. The summed E-state index contributed by atoms with van der Waals surface area (Å²) in [5, 5.41) is 9.34. The van der Waals surface area contributed by atoms with Crippen molar-refractivity contribution < 1.29 is 14.0 Å². The number of hydrogen-bond donors (Lipinski definition) is 1. The summed E-state index contributed by atoms with van der Waals surface area (Å²) in [4.78, 5) is 0. The minimum Gasteiger partial charge on any atom is -0.398 e. The normalized spacial score (nSPS) is 16.3. The van der Waals surface area contributed by atoms with Gasteiger partial charge in [-0.2, -0.15) is 0 Å². The third kappa shape index (κ3) is 11.0. The molecule has 0 saturated carbocycles. The Morgan fingerprint density at radius 3 is 1.62 bits per heavy atom. The summed E-state index contributed by atoms with van der Waals surface area (Å²) in [5.74, 6) is 0.00735. The smallest absolute Gasteiger partial charge is 0.186 e. The van der Waals surface area contributed by atoms with Gasteiger partial charge in [0.1, 0.15) is 5.91 Å². The molecule has 0 aromatic carbocycles. The molecule has 3 nitrogen and oxygen atoms in total. The molecule has 0 bridgehead atoms. The van der Waals surface area contributed by atoms with Gasteiger partial charge in [-0.15, -0.1) is 0 Å². The van der Waals surface area contributed by atoms with E-state index in [0.717, 1.165) is 6.04 Å². The van der Waals surface area contributed by atoms with Crippen molar-refractivity contribution in [2.45, 2.75) is 64.3 Å². The van der Waals surface area contributed by atoms with E-state index in [1.807, 2.05) is 6.92 Å². The molecule has 0 heterocycles. The summed E-state index contributed by atoms with van der Waals surface area (Å²) in [7, 11) is -3.59. The third-order valence-electron chi connectivity index (χ3n) is 1.79. The molecule has 1 unspecified atom stereocenters. The maximum absolute atomic E-state index is 9.34. The van der Waals surface area contributed by atoms with E-state index in [2.05, 4.69) is 39.3 Å². The molecule has 0 aromatic heterocycles. The van der Waals surface area contributed by atoms with E-state index in [4.69, 9.17) is 8.85 Å². The van der Waals surface area contributed by atoms with Gasteiger partial charge in [0.05, 0.1) is 9.52 Å². The minimum atomic E-state index is -1.54. The Bertz CT molecular complexity index is 180. The summed E-state index contributed by atoms with van der Waals surface area (Å²) in [6.45, 7) is 14.9. The highest BCUT2D eigenvalue weighted by Gasteiger charge is 2.26. The van der Waals surface area contributed by atoms with Gasteiger partial charge in [0, 0.05) is 6.10 Å². The van der Waals surface area contributed by atoms with Crippen LogP contribution in [0.15, 0.2) is 0 Å². The fourth-order valence-corrected chi connectivity index (χ4v) is 7.78. The maximum atomic E-state index is 9.34. The second kappa shape index (κ2) is 6.46. The molecule has 0 saturated heterocycles. The average Bonchev–Trinajstić information content (AvgIpc) is 1.93. The molecule has 6 heteroatoms. The molecule has 16 heavy (non-hydrogen) atoms. The second-order valence-electron chi connectivity index (χ2n) is 6.32. The Morgan fingerprint density at radius 2 is 1.38 bits per heavy atom. The molecule has 0 aliphatic rings. The highest BCUT2D eigenvalue weighted by molar-refractivity contribution is 6.71. The summed E-state index contributed by atoms with van der Waals surface area (Å²) in [6.07, 6.45) is -0.218. The summed E-state index contributed by atoms with van der Waals surface area (Å²) in [6, 6.07) is 0.875. The molecule has 0 aliphatic carbocycles. The second-order valence-corrected chi connectivity index (χ2v) is 17.1. The van der Waals surface area contributed by atoms with Gasteiger partial charge < -0.3 is 14.0 Å². The Morgan fingerprint density at radius 1 is 1.00 bits per heavy atom. The predicted molar refractivity (Wildman–Crippen MR) is 77.7 cm³/mol. The van der Waals surface area contributed by atoms with E-state index >= 15 is 0 Å². The Labute approximate surface area is 105 Å². The highest BCUT2D eigenvalue weighted by atomic mass is 28.4. The number of rotatable bonds is 7. The van der Waals surface area contributed by atoms with Crippen molar-refractivity contribution >= 4 is 26.2 Å². The van der Waals surface area contributed by atoms with Gasteiger partial charge in [-0.3, -0.25) is 0 Å². The Hall–Kier alpha value is 0.531. The van der Waals surface area contributed by atoms with Gasteiger partial charge in [-0.25, -0.2) is 0 Å². The molecule has 98 valence electrons. The molecule has 0 amide bonds. The van der Waals surface area contributed by atoms with Gasteiger partial charge >= 0.3 is 0 Å². The SMILES string of the molecule is CC(O)C[SiH2]C(O[Si](C)(C)C)O[Si](C)(C)C. The largest absolute Gasteiger partial charge is 0.398 e.